The van der Waals surface area contributed by atoms with E-state index in [1.54, 1.807) is 24.3 Å². The second-order valence-electron chi connectivity index (χ2n) is 7.04. The molecule has 1 aliphatic carbocycles. The first-order valence-electron chi connectivity index (χ1n) is 9.29. The Kier molecular flexibility index (Phi) is 5.40. The summed E-state index contributed by atoms with van der Waals surface area (Å²) in [5.41, 5.74) is 0.617. The third kappa shape index (κ3) is 4.23. The number of aromatic nitrogens is 2. The number of nitrogens with zero attached hydrogens (tertiary/aromatic N) is 4. The van der Waals surface area contributed by atoms with Crippen LogP contribution in [0.2, 0.25) is 5.02 Å². The fourth-order valence-electron chi connectivity index (χ4n) is 3.70. The van der Waals surface area contributed by atoms with Gasteiger partial charge in [0.1, 0.15) is 6.20 Å². The number of anilines is 3. The van der Waals surface area contributed by atoms with Crippen molar-refractivity contribution in [1.82, 2.24) is 14.9 Å². The molecule has 28 heavy (non-hydrogen) atoms. The molecule has 4 rings (SSSR count). The first-order valence-corrected chi connectivity index (χ1v) is 9.66. The van der Waals surface area contributed by atoms with E-state index in [1.165, 1.54) is 12.6 Å². The van der Waals surface area contributed by atoms with Crippen LogP contribution in [-0.2, 0) is 0 Å². The average Bonchev–Trinajstić information content (AvgIpc) is 3.30. The highest BCUT2D eigenvalue weighted by atomic mass is 35.5. The smallest absolute Gasteiger partial charge is 0.329 e. The number of nitro groups is 1. The predicted octanol–water partition coefficient (Wildman–Crippen LogP) is 3.84. The molecule has 1 aliphatic heterocycles. The van der Waals surface area contributed by atoms with Gasteiger partial charge in [-0.05, 0) is 43.0 Å². The molecule has 1 aromatic heterocycles. The quantitative estimate of drug-likeness (QED) is 0.300. The molecule has 8 nitrogen and oxygen atoms in total. The monoisotopic (exact) mass is 400 g/mol. The van der Waals surface area contributed by atoms with Gasteiger partial charge in [0.05, 0.1) is 4.92 Å². The van der Waals surface area contributed by atoms with Gasteiger partial charge in [-0.15, -0.1) is 0 Å². The lowest BCUT2D eigenvalue weighted by molar-refractivity contribution is -0.384. The molecule has 2 atom stereocenters. The second kappa shape index (κ2) is 8.12. The summed E-state index contributed by atoms with van der Waals surface area (Å²) in [6.07, 6.45) is 7.92. The zero-order valence-electron chi connectivity index (χ0n) is 15.2. The number of benzene rings is 1. The van der Waals surface area contributed by atoms with Crippen LogP contribution in [0.1, 0.15) is 12.8 Å². The Hall–Kier alpha value is -2.71. The topological polar surface area (TPSA) is 96.2 Å². The Morgan fingerprint density at radius 1 is 1.29 bits per heavy atom. The van der Waals surface area contributed by atoms with Crippen molar-refractivity contribution in [2.45, 2.75) is 18.9 Å². The van der Waals surface area contributed by atoms with Gasteiger partial charge in [0.2, 0.25) is 11.8 Å². The number of rotatable bonds is 8. The predicted molar refractivity (Wildman–Crippen MR) is 109 cm³/mol. The molecular formula is C19H21ClN6O2. The number of hydrogen-bond donors (Lipinski definition) is 2. The summed E-state index contributed by atoms with van der Waals surface area (Å²) in [5.74, 6) is 1.21. The number of nitrogens with one attached hydrogen (secondary N) is 2. The molecule has 2 N–H and O–H groups in total. The summed E-state index contributed by atoms with van der Waals surface area (Å²) < 4.78 is 0. The van der Waals surface area contributed by atoms with E-state index < -0.39 is 4.92 Å². The Labute approximate surface area is 167 Å². The lowest BCUT2D eigenvalue weighted by Gasteiger charge is -2.23. The lowest BCUT2D eigenvalue weighted by atomic mass is 10.2. The Balaban J connectivity index is 1.37. The molecule has 9 heteroatoms. The van der Waals surface area contributed by atoms with Gasteiger partial charge in [0, 0.05) is 36.4 Å². The third-order valence-corrected chi connectivity index (χ3v) is 5.32. The van der Waals surface area contributed by atoms with Crippen LogP contribution in [0, 0.1) is 16.0 Å². The van der Waals surface area contributed by atoms with Gasteiger partial charge < -0.3 is 10.6 Å². The summed E-state index contributed by atoms with van der Waals surface area (Å²) in [4.78, 5) is 21.6. The van der Waals surface area contributed by atoms with Gasteiger partial charge in [-0.1, -0.05) is 23.8 Å². The Bertz CT molecular complexity index is 888. The van der Waals surface area contributed by atoms with Crippen LogP contribution in [-0.4, -0.2) is 45.5 Å². The molecule has 2 heterocycles. The molecule has 2 unspecified atom stereocenters. The highest BCUT2D eigenvalue weighted by Crippen LogP contribution is 2.31. The molecule has 0 amide bonds. The van der Waals surface area contributed by atoms with Crippen molar-refractivity contribution >= 4 is 34.7 Å². The van der Waals surface area contributed by atoms with Crippen LogP contribution >= 0.6 is 11.6 Å². The van der Waals surface area contributed by atoms with E-state index in [0.29, 0.717) is 23.5 Å². The molecule has 2 aromatic rings. The van der Waals surface area contributed by atoms with E-state index in [2.05, 4.69) is 37.7 Å². The normalized spacial score (nSPS) is 20.5. The van der Waals surface area contributed by atoms with E-state index >= 15 is 0 Å². The highest BCUT2D eigenvalue weighted by Gasteiger charge is 2.32. The number of likely N-dealkylation sites (tertiary alicyclic amines) is 1. The van der Waals surface area contributed by atoms with Crippen LogP contribution < -0.4 is 10.6 Å². The van der Waals surface area contributed by atoms with Gasteiger partial charge in [-0.2, -0.15) is 4.98 Å². The van der Waals surface area contributed by atoms with Crippen molar-refractivity contribution < 1.29 is 4.92 Å². The van der Waals surface area contributed by atoms with E-state index in [4.69, 9.17) is 11.6 Å². The minimum atomic E-state index is -0.474. The summed E-state index contributed by atoms with van der Waals surface area (Å²) >= 11 is 5.88. The molecule has 0 radical (unpaired) electrons. The molecule has 2 aliphatic rings. The molecule has 1 fully saturated rings. The van der Waals surface area contributed by atoms with Crippen LogP contribution in [0.3, 0.4) is 0 Å². The molecule has 0 saturated carbocycles. The first kappa shape index (κ1) is 18.6. The molecule has 1 saturated heterocycles. The zero-order chi connectivity index (χ0) is 19.5. The van der Waals surface area contributed by atoms with Crippen LogP contribution in [0.25, 0.3) is 0 Å². The SMILES string of the molecule is O=[N+]([O-])c1cnc(Nc2ccc(Cl)cc2)nc1NCCCN1CC2C=CC1C2. The minimum absolute atomic E-state index is 0.134. The summed E-state index contributed by atoms with van der Waals surface area (Å²) in [6, 6.07) is 7.63. The van der Waals surface area contributed by atoms with Crippen molar-refractivity contribution in [2.24, 2.45) is 5.92 Å². The van der Waals surface area contributed by atoms with Crippen LogP contribution in [0.15, 0.2) is 42.6 Å². The summed E-state index contributed by atoms with van der Waals surface area (Å²) in [7, 11) is 0. The van der Waals surface area contributed by atoms with Crippen molar-refractivity contribution in [2.75, 3.05) is 30.3 Å². The Morgan fingerprint density at radius 2 is 2.11 bits per heavy atom. The standard InChI is InChI=1S/C19H21ClN6O2/c20-14-3-5-15(6-4-14)23-19-22-11-17(26(27)28)18(24-19)21-8-1-9-25-12-13-2-7-16(25)10-13/h2-7,11,13,16H,1,8-10,12H2,(H2,21,22,23,24). The maximum atomic E-state index is 11.3. The fraction of sp³-hybridized carbons (Fsp3) is 0.368. The number of halogens is 1. The number of fused-ring (bicyclic) bond motifs is 2. The van der Waals surface area contributed by atoms with Gasteiger partial charge >= 0.3 is 5.69 Å². The van der Waals surface area contributed by atoms with Crippen molar-refractivity contribution in [3.05, 3.63) is 57.8 Å². The molecule has 2 bridgehead atoms. The third-order valence-electron chi connectivity index (χ3n) is 5.07. The van der Waals surface area contributed by atoms with Crippen LogP contribution in [0.4, 0.5) is 23.1 Å². The maximum absolute atomic E-state index is 11.3. The van der Waals surface area contributed by atoms with Gasteiger partial charge in [-0.25, -0.2) is 4.98 Å². The molecular weight excluding hydrogens is 380 g/mol. The average molecular weight is 401 g/mol. The molecule has 0 spiro atoms. The summed E-state index contributed by atoms with van der Waals surface area (Å²) in [5, 5.41) is 18.0. The highest BCUT2D eigenvalue weighted by molar-refractivity contribution is 6.30. The van der Waals surface area contributed by atoms with E-state index in [-0.39, 0.29) is 17.5 Å². The fourth-order valence-corrected chi connectivity index (χ4v) is 3.83. The maximum Gasteiger partial charge on any atom is 0.329 e. The van der Waals surface area contributed by atoms with Gasteiger partial charge in [0.25, 0.3) is 0 Å². The lowest BCUT2D eigenvalue weighted by Crippen LogP contribution is -2.31. The molecule has 1 aromatic carbocycles. The van der Waals surface area contributed by atoms with Crippen molar-refractivity contribution in [1.29, 1.82) is 0 Å². The van der Waals surface area contributed by atoms with E-state index in [0.717, 1.165) is 25.2 Å². The van der Waals surface area contributed by atoms with Crippen molar-refractivity contribution in [3.8, 4) is 0 Å². The first-order chi connectivity index (χ1) is 13.6. The van der Waals surface area contributed by atoms with Crippen LogP contribution in [0.5, 0.6) is 0 Å². The zero-order valence-corrected chi connectivity index (χ0v) is 16.0. The van der Waals surface area contributed by atoms with Crippen molar-refractivity contribution in [3.63, 3.8) is 0 Å². The number of hydrogen-bond acceptors (Lipinski definition) is 7. The largest absolute Gasteiger partial charge is 0.364 e. The minimum Gasteiger partial charge on any atom is -0.364 e. The van der Waals surface area contributed by atoms with E-state index in [9.17, 15) is 10.1 Å². The Morgan fingerprint density at radius 3 is 2.79 bits per heavy atom. The van der Waals surface area contributed by atoms with E-state index in [1.807, 2.05) is 0 Å². The van der Waals surface area contributed by atoms with Gasteiger partial charge in [-0.3, -0.25) is 15.0 Å². The molecule has 146 valence electrons. The second-order valence-corrected chi connectivity index (χ2v) is 7.48. The van der Waals surface area contributed by atoms with Gasteiger partial charge in [0.15, 0.2) is 0 Å². The summed E-state index contributed by atoms with van der Waals surface area (Å²) in [6.45, 7) is 2.69.